The molecule has 0 aliphatic carbocycles. The molecule has 0 aliphatic rings. The molecule has 0 unspecified atom stereocenters. The van der Waals surface area contributed by atoms with Crippen LogP contribution in [0.3, 0.4) is 0 Å². The monoisotopic (exact) mass is 295 g/mol. The molecule has 0 spiro atoms. The quantitative estimate of drug-likeness (QED) is 0.538. The van der Waals surface area contributed by atoms with Gasteiger partial charge in [0, 0.05) is 29.6 Å². The van der Waals surface area contributed by atoms with E-state index in [9.17, 15) is 0 Å². The standard InChI is InChI=1S/C19H21NS/c1-15-7-5-6-8-19(15)21-16(2)9-10-17-11-13-18(14-12-17)20(3)4/h5-14H,2H2,1,3-4H3/b10-9+. The van der Waals surface area contributed by atoms with Crippen LogP contribution in [0, 0.1) is 6.92 Å². The average Bonchev–Trinajstić information content (AvgIpc) is 2.48. The van der Waals surface area contributed by atoms with Crippen molar-refractivity contribution < 1.29 is 0 Å². The van der Waals surface area contributed by atoms with Gasteiger partial charge in [0.25, 0.3) is 0 Å². The van der Waals surface area contributed by atoms with E-state index in [1.165, 1.54) is 21.7 Å². The predicted octanol–water partition coefficient (Wildman–Crippen LogP) is 5.38. The van der Waals surface area contributed by atoms with Gasteiger partial charge >= 0.3 is 0 Å². The van der Waals surface area contributed by atoms with Crippen LogP contribution in [-0.2, 0) is 0 Å². The number of aryl methyl sites for hydroxylation is 1. The lowest BCUT2D eigenvalue weighted by molar-refractivity contribution is 1.13. The molecule has 0 bridgehead atoms. The van der Waals surface area contributed by atoms with Gasteiger partial charge in [0.1, 0.15) is 0 Å². The number of benzene rings is 2. The summed E-state index contributed by atoms with van der Waals surface area (Å²) in [6.45, 7) is 6.24. The van der Waals surface area contributed by atoms with Crippen LogP contribution < -0.4 is 4.90 Å². The zero-order valence-electron chi connectivity index (χ0n) is 12.8. The molecular formula is C19H21NS. The van der Waals surface area contributed by atoms with E-state index < -0.39 is 0 Å². The second-order valence-electron chi connectivity index (χ2n) is 5.15. The molecule has 0 fully saturated rings. The number of allylic oxidation sites excluding steroid dienone is 1. The van der Waals surface area contributed by atoms with Gasteiger partial charge in [-0.2, -0.15) is 0 Å². The van der Waals surface area contributed by atoms with E-state index in [0.717, 1.165) is 4.91 Å². The maximum Gasteiger partial charge on any atom is 0.0361 e. The van der Waals surface area contributed by atoms with Gasteiger partial charge < -0.3 is 4.90 Å². The average molecular weight is 295 g/mol. The molecule has 0 saturated heterocycles. The summed E-state index contributed by atoms with van der Waals surface area (Å²) in [5.41, 5.74) is 3.68. The van der Waals surface area contributed by atoms with Crippen molar-refractivity contribution in [3.8, 4) is 0 Å². The number of rotatable bonds is 5. The Morgan fingerprint density at radius 2 is 1.71 bits per heavy atom. The van der Waals surface area contributed by atoms with E-state index in [-0.39, 0.29) is 0 Å². The molecule has 0 aromatic heterocycles. The molecule has 2 heteroatoms. The van der Waals surface area contributed by atoms with Crippen LogP contribution in [-0.4, -0.2) is 14.1 Å². The zero-order valence-corrected chi connectivity index (χ0v) is 13.7. The Kier molecular flexibility index (Phi) is 5.29. The zero-order chi connectivity index (χ0) is 15.2. The third kappa shape index (κ3) is 4.54. The topological polar surface area (TPSA) is 3.24 Å². The first kappa shape index (κ1) is 15.5. The second-order valence-corrected chi connectivity index (χ2v) is 6.32. The van der Waals surface area contributed by atoms with Crippen molar-refractivity contribution in [3.05, 3.63) is 77.2 Å². The largest absolute Gasteiger partial charge is 0.378 e. The normalized spacial score (nSPS) is 10.8. The number of thioether (sulfide) groups is 1. The molecule has 0 heterocycles. The summed E-state index contributed by atoms with van der Waals surface area (Å²) in [6.07, 6.45) is 4.18. The summed E-state index contributed by atoms with van der Waals surface area (Å²) in [7, 11) is 4.09. The van der Waals surface area contributed by atoms with Gasteiger partial charge in [0.05, 0.1) is 0 Å². The first-order valence-electron chi connectivity index (χ1n) is 6.94. The van der Waals surface area contributed by atoms with Crippen molar-refractivity contribution in [1.82, 2.24) is 0 Å². The molecule has 1 nitrogen and oxygen atoms in total. The molecular weight excluding hydrogens is 274 g/mol. The molecule has 2 aromatic carbocycles. The van der Waals surface area contributed by atoms with E-state index in [2.05, 4.69) is 79.1 Å². The predicted molar refractivity (Wildman–Crippen MR) is 96.0 cm³/mol. The summed E-state index contributed by atoms with van der Waals surface area (Å²) in [4.78, 5) is 4.40. The Labute approximate surface area is 132 Å². The van der Waals surface area contributed by atoms with E-state index >= 15 is 0 Å². The summed E-state index contributed by atoms with van der Waals surface area (Å²) in [5, 5.41) is 0. The van der Waals surface area contributed by atoms with Crippen molar-refractivity contribution in [2.75, 3.05) is 19.0 Å². The van der Waals surface area contributed by atoms with Gasteiger partial charge in [-0.25, -0.2) is 0 Å². The minimum Gasteiger partial charge on any atom is -0.378 e. The number of anilines is 1. The Bertz CT molecular complexity index is 639. The van der Waals surface area contributed by atoms with Crippen LogP contribution in [0.1, 0.15) is 11.1 Å². The highest BCUT2D eigenvalue weighted by atomic mass is 32.2. The van der Waals surface area contributed by atoms with Crippen LogP contribution in [0.4, 0.5) is 5.69 Å². The molecule has 0 atom stereocenters. The van der Waals surface area contributed by atoms with Gasteiger partial charge in [-0.05, 0) is 42.3 Å². The van der Waals surface area contributed by atoms with E-state index in [1.54, 1.807) is 11.8 Å². The molecule has 2 rings (SSSR count). The van der Waals surface area contributed by atoms with Crippen molar-refractivity contribution in [2.45, 2.75) is 11.8 Å². The minimum absolute atomic E-state index is 1.04. The Morgan fingerprint density at radius 3 is 2.33 bits per heavy atom. The molecule has 0 amide bonds. The second kappa shape index (κ2) is 7.19. The molecule has 2 aromatic rings. The van der Waals surface area contributed by atoms with Crippen molar-refractivity contribution in [1.29, 1.82) is 0 Å². The van der Waals surface area contributed by atoms with Crippen LogP contribution in [0.25, 0.3) is 6.08 Å². The Balaban J connectivity index is 2.00. The van der Waals surface area contributed by atoms with E-state index in [0.29, 0.717) is 0 Å². The van der Waals surface area contributed by atoms with Crippen LogP contribution in [0.2, 0.25) is 0 Å². The number of hydrogen-bond donors (Lipinski definition) is 0. The van der Waals surface area contributed by atoms with Crippen LogP contribution in [0.5, 0.6) is 0 Å². The van der Waals surface area contributed by atoms with E-state index in [1.807, 2.05) is 14.1 Å². The molecule has 108 valence electrons. The van der Waals surface area contributed by atoms with Gasteiger partial charge in [-0.15, -0.1) is 0 Å². The Hall–Kier alpha value is -1.93. The lowest BCUT2D eigenvalue weighted by Crippen LogP contribution is -2.07. The molecule has 21 heavy (non-hydrogen) atoms. The van der Waals surface area contributed by atoms with Crippen molar-refractivity contribution in [2.24, 2.45) is 0 Å². The SMILES string of the molecule is C=C(/C=C/c1ccc(N(C)C)cc1)Sc1ccccc1C. The first-order valence-corrected chi connectivity index (χ1v) is 7.76. The fourth-order valence-corrected chi connectivity index (χ4v) is 2.71. The summed E-state index contributed by atoms with van der Waals surface area (Å²) < 4.78 is 0. The fraction of sp³-hybridized carbons (Fsp3) is 0.158. The summed E-state index contributed by atoms with van der Waals surface area (Å²) >= 11 is 1.71. The third-order valence-electron chi connectivity index (χ3n) is 3.21. The lowest BCUT2D eigenvalue weighted by Gasteiger charge is -2.11. The van der Waals surface area contributed by atoms with Crippen molar-refractivity contribution >= 4 is 23.5 Å². The summed E-state index contributed by atoms with van der Waals surface area (Å²) in [5.74, 6) is 0. The van der Waals surface area contributed by atoms with E-state index in [4.69, 9.17) is 0 Å². The van der Waals surface area contributed by atoms with Crippen LogP contribution >= 0.6 is 11.8 Å². The lowest BCUT2D eigenvalue weighted by atomic mass is 10.2. The maximum absolute atomic E-state index is 4.12. The first-order chi connectivity index (χ1) is 10.1. The maximum atomic E-state index is 4.12. The highest BCUT2D eigenvalue weighted by Crippen LogP contribution is 2.29. The van der Waals surface area contributed by atoms with Gasteiger partial charge in [-0.1, -0.05) is 54.7 Å². The molecule has 0 N–H and O–H groups in total. The molecule has 0 aliphatic heterocycles. The molecule has 0 radical (unpaired) electrons. The Morgan fingerprint density at radius 1 is 1.05 bits per heavy atom. The third-order valence-corrected chi connectivity index (χ3v) is 4.28. The van der Waals surface area contributed by atoms with Crippen LogP contribution in [0.15, 0.2) is 71.0 Å². The number of hydrogen-bond acceptors (Lipinski definition) is 2. The highest BCUT2D eigenvalue weighted by Gasteiger charge is 1.99. The fourth-order valence-electron chi connectivity index (χ4n) is 1.92. The van der Waals surface area contributed by atoms with Gasteiger partial charge in [-0.3, -0.25) is 0 Å². The van der Waals surface area contributed by atoms with Crippen molar-refractivity contribution in [3.63, 3.8) is 0 Å². The molecule has 0 saturated carbocycles. The highest BCUT2D eigenvalue weighted by molar-refractivity contribution is 8.03. The number of nitrogens with zero attached hydrogens (tertiary/aromatic N) is 1. The van der Waals surface area contributed by atoms with Gasteiger partial charge in [0.15, 0.2) is 0 Å². The minimum atomic E-state index is 1.04. The van der Waals surface area contributed by atoms with Gasteiger partial charge in [0.2, 0.25) is 0 Å². The smallest absolute Gasteiger partial charge is 0.0361 e. The summed E-state index contributed by atoms with van der Waals surface area (Å²) in [6, 6.07) is 16.9.